The summed E-state index contributed by atoms with van der Waals surface area (Å²) >= 11 is 0. The molecule has 1 fully saturated rings. The Bertz CT molecular complexity index is 704. The molecule has 0 bridgehead atoms. The first-order valence-corrected chi connectivity index (χ1v) is 9.49. The van der Waals surface area contributed by atoms with Crippen molar-refractivity contribution in [1.29, 1.82) is 0 Å². The number of hydrogen-bond acceptors (Lipinski definition) is 4. The van der Waals surface area contributed by atoms with Crippen molar-refractivity contribution in [3.63, 3.8) is 0 Å². The fourth-order valence-corrected chi connectivity index (χ4v) is 3.53. The number of piperidine rings is 1. The molecule has 3 heterocycles. The average Bonchev–Trinajstić information content (AvgIpc) is 3.13. The molecule has 1 aliphatic rings. The van der Waals surface area contributed by atoms with Crippen LogP contribution >= 0.6 is 0 Å². The van der Waals surface area contributed by atoms with Gasteiger partial charge in [-0.05, 0) is 31.4 Å². The maximum Gasteiger partial charge on any atom is 0.243 e. The van der Waals surface area contributed by atoms with Crippen LogP contribution in [-0.2, 0) is 11.3 Å². The van der Waals surface area contributed by atoms with Gasteiger partial charge in [-0.2, -0.15) is 0 Å². The number of aromatic nitrogens is 3. The Hall–Kier alpha value is -2.21. The molecule has 6 nitrogen and oxygen atoms in total. The van der Waals surface area contributed by atoms with E-state index in [0.717, 1.165) is 38.3 Å². The van der Waals surface area contributed by atoms with Crippen LogP contribution in [0, 0.1) is 0 Å². The van der Waals surface area contributed by atoms with Gasteiger partial charge in [0.1, 0.15) is 11.9 Å². The molecule has 0 aliphatic carbocycles. The molecule has 26 heavy (non-hydrogen) atoms. The standard InChI is InChI=1S/C20H29N5O/c1-15(2)19-22-9-12-25(19)16(3)20(26)23-18-6-10-24(11-7-18)14-17-5-4-8-21-13-17/h4-5,8-9,12-13,15-16,18H,6-7,10-11,14H2,1-3H3,(H,23,26)/t16-/m0/s1. The molecule has 0 saturated carbocycles. The maximum absolute atomic E-state index is 12.7. The topological polar surface area (TPSA) is 63.1 Å². The molecule has 2 aromatic rings. The van der Waals surface area contributed by atoms with Gasteiger partial charge in [0.15, 0.2) is 0 Å². The number of nitrogens with one attached hydrogen (secondary N) is 1. The lowest BCUT2D eigenvalue weighted by Crippen LogP contribution is -2.46. The lowest BCUT2D eigenvalue weighted by molar-refractivity contribution is -0.125. The second-order valence-corrected chi connectivity index (χ2v) is 7.44. The third kappa shape index (κ3) is 4.49. The van der Waals surface area contributed by atoms with E-state index in [1.807, 2.05) is 30.0 Å². The first-order valence-electron chi connectivity index (χ1n) is 9.49. The highest BCUT2D eigenvalue weighted by Gasteiger charge is 2.24. The van der Waals surface area contributed by atoms with Crippen molar-refractivity contribution in [3.8, 4) is 0 Å². The van der Waals surface area contributed by atoms with Gasteiger partial charge < -0.3 is 9.88 Å². The van der Waals surface area contributed by atoms with Crippen LogP contribution in [0.3, 0.4) is 0 Å². The van der Waals surface area contributed by atoms with Crippen LogP contribution in [0.1, 0.15) is 57.0 Å². The van der Waals surface area contributed by atoms with E-state index in [-0.39, 0.29) is 18.0 Å². The predicted molar refractivity (Wildman–Crippen MR) is 102 cm³/mol. The van der Waals surface area contributed by atoms with E-state index in [1.165, 1.54) is 5.56 Å². The third-order valence-corrected chi connectivity index (χ3v) is 5.07. The number of likely N-dealkylation sites (tertiary alicyclic amines) is 1. The molecule has 0 radical (unpaired) electrons. The largest absolute Gasteiger partial charge is 0.351 e. The molecule has 2 aromatic heterocycles. The normalized spacial score (nSPS) is 17.4. The summed E-state index contributed by atoms with van der Waals surface area (Å²) in [5.74, 6) is 1.34. The zero-order valence-electron chi connectivity index (χ0n) is 15.9. The van der Waals surface area contributed by atoms with E-state index < -0.39 is 0 Å². The lowest BCUT2D eigenvalue weighted by atomic mass is 10.0. The SMILES string of the molecule is CC(C)c1nccn1[C@@H](C)C(=O)NC1CCN(Cc2cccnc2)CC1. The Morgan fingerprint density at radius 2 is 2.04 bits per heavy atom. The zero-order chi connectivity index (χ0) is 18.5. The van der Waals surface area contributed by atoms with Gasteiger partial charge >= 0.3 is 0 Å². The summed E-state index contributed by atoms with van der Waals surface area (Å²) in [6.45, 7) is 9.06. The summed E-state index contributed by atoms with van der Waals surface area (Å²) in [5.41, 5.74) is 1.24. The molecule has 3 rings (SSSR count). The monoisotopic (exact) mass is 355 g/mol. The molecule has 0 spiro atoms. The fourth-order valence-electron chi connectivity index (χ4n) is 3.53. The van der Waals surface area contributed by atoms with Crippen molar-refractivity contribution >= 4 is 5.91 Å². The minimum absolute atomic E-state index is 0.0793. The molecule has 1 saturated heterocycles. The number of pyridine rings is 1. The Morgan fingerprint density at radius 1 is 1.27 bits per heavy atom. The van der Waals surface area contributed by atoms with Crippen LogP contribution < -0.4 is 5.32 Å². The Morgan fingerprint density at radius 3 is 2.69 bits per heavy atom. The van der Waals surface area contributed by atoms with Gasteiger partial charge in [-0.3, -0.25) is 14.7 Å². The van der Waals surface area contributed by atoms with Gasteiger partial charge in [-0.1, -0.05) is 19.9 Å². The summed E-state index contributed by atoms with van der Waals surface area (Å²) in [5, 5.41) is 3.23. The first-order chi connectivity index (χ1) is 12.5. The number of hydrogen-bond donors (Lipinski definition) is 1. The smallest absolute Gasteiger partial charge is 0.243 e. The molecule has 1 atom stereocenters. The number of rotatable bonds is 6. The second-order valence-electron chi connectivity index (χ2n) is 7.44. The summed E-state index contributed by atoms with van der Waals surface area (Å²) in [7, 11) is 0. The van der Waals surface area contributed by atoms with Crippen molar-refractivity contribution in [3.05, 3.63) is 48.3 Å². The van der Waals surface area contributed by atoms with Crippen LogP contribution in [0.25, 0.3) is 0 Å². The molecule has 0 aromatic carbocycles. The van der Waals surface area contributed by atoms with Crippen molar-refractivity contribution in [2.24, 2.45) is 0 Å². The van der Waals surface area contributed by atoms with E-state index in [9.17, 15) is 4.79 Å². The number of nitrogens with zero attached hydrogens (tertiary/aromatic N) is 4. The van der Waals surface area contributed by atoms with Gasteiger partial charge in [0.05, 0.1) is 0 Å². The molecular weight excluding hydrogens is 326 g/mol. The zero-order valence-corrected chi connectivity index (χ0v) is 15.9. The highest BCUT2D eigenvalue weighted by molar-refractivity contribution is 5.80. The summed E-state index contributed by atoms with van der Waals surface area (Å²) in [6, 6.07) is 4.11. The highest BCUT2D eigenvalue weighted by atomic mass is 16.2. The summed E-state index contributed by atoms with van der Waals surface area (Å²) < 4.78 is 1.98. The van der Waals surface area contributed by atoms with Gasteiger partial charge in [0.25, 0.3) is 0 Å². The van der Waals surface area contributed by atoms with Crippen LogP contribution in [0.15, 0.2) is 36.9 Å². The molecule has 1 amide bonds. The molecule has 6 heteroatoms. The highest BCUT2D eigenvalue weighted by Crippen LogP contribution is 2.19. The van der Waals surface area contributed by atoms with Crippen LogP contribution in [0.5, 0.6) is 0 Å². The lowest BCUT2D eigenvalue weighted by Gasteiger charge is -2.33. The van der Waals surface area contributed by atoms with Gasteiger partial charge in [-0.25, -0.2) is 4.98 Å². The second kappa shape index (κ2) is 8.45. The maximum atomic E-state index is 12.7. The molecule has 140 valence electrons. The Labute approximate surface area is 155 Å². The van der Waals surface area contributed by atoms with Crippen molar-refractivity contribution < 1.29 is 4.79 Å². The van der Waals surface area contributed by atoms with E-state index in [4.69, 9.17) is 0 Å². The van der Waals surface area contributed by atoms with Crippen LogP contribution in [0.2, 0.25) is 0 Å². The van der Waals surface area contributed by atoms with Gasteiger partial charge in [-0.15, -0.1) is 0 Å². The van der Waals surface area contributed by atoms with Crippen LogP contribution in [0.4, 0.5) is 0 Å². The van der Waals surface area contributed by atoms with E-state index >= 15 is 0 Å². The predicted octanol–water partition coefficient (Wildman–Crippen LogP) is 2.74. The number of amides is 1. The Balaban J connectivity index is 1.49. The molecule has 0 unspecified atom stereocenters. The number of imidazole rings is 1. The minimum Gasteiger partial charge on any atom is -0.351 e. The number of carbonyl (C=O) groups is 1. The van der Waals surface area contributed by atoms with E-state index in [2.05, 4.69) is 40.1 Å². The van der Waals surface area contributed by atoms with Crippen molar-refractivity contribution in [1.82, 2.24) is 24.8 Å². The third-order valence-electron chi connectivity index (χ3n) is 5.07. The van der Waals surface area contributed by atoms with Crippen LogP contribution in [-0.4, -0.2) is 44.5 Å². The molecular formula is C20H29N5O. The van der Waals surface area contributed by atoms with Gasteiger partial charge in [0.2, 0.25) is 5.91 Å². The molecule has 1 N–H and O–H groups in total. The first kappa shape index (κ1) is 18.6. The average molecular weight is 355 g/mol. The fraction of sp³-hybridized carbons (Fsp3) is 0.550. The Kier molecular flexibility index (Phi) is 6.04. The summed E-state index contributed by atoms with van der Waals surface area (Å²) in [6.07, 6.45) is 9.37. The quantitative estimate of drug-likeness (QED) is 0.865. The number of carbonyl (C=O) groups excluding carboxylic acids is 1. The molecule has 1 aliphatic heterocycles. The van der Waals surface area contributed by atoms with Gasteiger partial charge in [0, 0.05) is 56.4 Å². The minimum atomic E-state index is -0.233. The van der Waals surface area contributed by atoms with E-state index in [1.54, 1.807) is 12.4 Å². The van der Waals surface area contributed by atoms with Crippen molar-refractivity contribution in [2.45, 2.75) is 58.2 Å². The summed E-state index contributed by atoms with van der Waals surface area (Å²) in [4.78, 5) is 23.7. The van der Waals surface area contributed by atoms with E-state index in [0.29, 0.717) is 5.92 Å². The van der Waals surface area contributed by atoms with Crippen molar-refractivity contribution in [2.75, 3.05) is 13.1 Å².